The lowest BCUT2D eigenvalue weighted by Crippen LogP contribution is -2.44. The SMILES string of the molecule is Cc1nn(CC(=O)Nc2ccc(N3CCN(C)CC3)nc2)c(=O)c2ccccc12. The van der Waals surface area contributed by atoms with Gasteiger partial charge in [-0.15, -0.1) is 0 Å². The van der Waals surface area contributed by atoms with Gasteiger partial charge in [0, 0.05) is 31.6 Å². The van der Waals surface area contributed by atoms with Crippen LogP contribution in [0.25, 0.3) is 10.8 Å². The van der Waals surface area contributed by atoms with E-state index in [2.05, 4.69) is 32.2 Å². The molecule has 3 aromatic rings. The van der Waals surface area contributed by atoms with Crippen molar-refractivity contribution in [3.05, 3.63) is 58.6 Å². The van der Waals surface area contributed by atoms with Gasteiger partial charge >= 0.3 is 0 Å². The summed E-state index contributed by atoms with van der Waals surface area (Å²) in [6, 6.07) is 11.0. The van der Waals surface area contributed by atoms with E-state index in [4.69, 9.17) is 0 Å². The van der Waals surface area contributed by atoms with Crippen molar-refractivity contribution in [1.82, 2.24) is 19.7 Å². The zero-order valence-corrected chi connectivity index (χ0v) is 16.6. The number of pyridine rings is 1. The van der Waals surface area contributed by atoms with Crippen molar-refractivity contribution < 1.29 is 4.79 Å². The highest BCUT2D eigenvalue weighted by atomic mass is 16.2. The van der Waals surface area contributed by atoms with Crippen molar-refractivity contribution in [3.63, 3.8) is 0 Å². The van der Waals surface area contributed by atoms with Crippen molar-refractivity contribution in [2.45, 2.75) is 13.5 Å². The lowest BCUT2D eigenvalue weighted by atomic mass is 10.1. The van der Waals surface area contributed by atoms with E-state index in [0.29, 0.717) is 16.8 Å². The van der Waals surface area contributed by atoms with Gasteiger partial charge in [0.25, 0.3) is 5.56 Å². The van der Waals surface area contributed by atoms with Gasteiger partial charge in [-0.1, -0.05) is 18.2 Å². The van der Waals surface area contributed by atoms with Crippen LogP contribution in [0.4, 0.5) is 11.5 Å². The average molecular weight is 392 g/mol. The number of carbonyl (C=O) groups excluding carboxylic acids is 1. The Morgan fingerprint density at radius 2 is 1.79 bits per heavy atom. The van der Waals surface area contributed by atoms with Gasteiger partial charge in [0.2, 0.25) is 5.91 Å². The van der Waals surface area contributed by atoms with Gasteiger partial charge in [0.1, 0.15) is 12.4 Å². The number of aryl methyl sites for hydroxylation is 1. The fraction of sp³-hybridized carbons (Fsp3) is 0.333. The quantitative estimate of drug-likeness (QED) is 0.724. The Morgan fingerprint density at radius 3 is 2.48 bits per heavy atom. The molecule has 1 saturated heterocycles. The minimum atomic E-state index is -0.316. The molecule has 8 nitrogen and oxygen atoms in total. The molecule has 0 atom stereocenters. The van der Waals surface area contributed by atoms with E-state index in [1.54, 1.807) is 18.3 Å². The predicted octanol–water partition coefficient (Wildman–Crippen LogP) is 1.49. The number of hydrogen-bond acceptors (Lipinski definition) is 6. The third-order valence-electron chi connectivity index (χ3n) is 5.20. The van der Waals surface area contributed by atoms with Crippen molar-refractivity contribution in [1.29, 1.82) is 0 Å². The number of fused-ring (bicyclic) bond motifs is 1. The van der Waals surface area contributed by atoms with E-state index in [9.17, 15) is 9.59 Å². The highest BCUT2D eigenvalue weighted by molar-refractivity contribution is 5.90. The number of aromatic nitrogens is 3. The summed E-state index contributed by atoms with van der Waals surface area (Å²) in [6.45, 7) is 5.57. The van der Waals surface area contributed by atoms with Gasteiger partial charge in [0.15, 0.2) is 0 Å². The number of hydrogen-bond donors (Lipinski definition) is 1. The maximum atomic E-state index is 12.6. The Hall–Kier alpha value is -3.26. The van der Waals surface area contributed by atoms with Gasteiger partial charge in [-0.3, -0.25) is 9.59 Å². The Kier molecular flexibility index (Phi) is 5.26. The highest BCUT2D eigenvalue weighted by Crippen LogP contribution is 2.16. The van der Waals surface area contributed by atoms with Crippen molar-refractivity contribution in [3.8, 4) is 0 Å². The third-order valence-corrected chi connectivity index (χ3v) is 5.20. The molecule has 4 rings (SSSR count). The molecule has 2 aromatic heterocycles. The molecule has 1 amide bonds. The van der Waals surface area contributed by atoms with Crippen molar-refractivity contribution >= 4 is 28.2 Å². The molecule has 150 valence electrons. The second-order valence-electron chi connectivity index (χ2n) is 7.34. The first-order chi connectivity index (χ1) is 14.0. The van der Waals surface area contributed by atoms with Crippen LogP contribution < -0.4 is 15.8 Å². The topological polar surface area (TPSA) is 83.4 Å². The smallest absolute Gasteiger partial charge is 0.275 e. The summed E-state index contributed by atoms with van der Waals surface area (Å²) >= 11 is 0. The summed E-state index contributed by atoms with van der Waals surface area (Å²) < 4.78 is 1.21. The van der Waals surface area contributed by atoms with Crippen LogP contribution in [-0.2, 0) is 11.3 Å². The van der Waals surface area contributed by atoms with E-state index >= 15 is 0 Å². The van der Waals surface area contributed by atoms with E-state index in [1.165, 1.54) is 4.68 Å². The molecule has 0 spiro atoms. The van der Waals surface area contributed by atoms with E-state index in [-0.39, 0.29) is 18.0 Å². The molecule has 1 fully saturated rings. The Bertz CT molecular complexity index is 1080. The molecule has 1 aliphatic heterocycles. The fourth-order valence-electron chi connectivity index (χ4n) is 3.53. The number of anilines is 2. The first-order valence-corrected chi connectivity index (χ1v) is 9.67. The summed E-state index contributed by atoms with van der Waals surface area (Å²) in [5, 5.41) is 8.44. The molecule has 1 N–H and O–H groups in total. The lowest BCUT2D eigenvalue weighted by Gasteiger charge is -2.33. The van der Waals surface area contributed by atoms with Gasteiger partial charge in [0.05, 0.1) is 23.0 Å². The molecule has 0 radical (unpaired) electrons. The largest absolute Gasteiger partial charge is 0.354 e. The first kappa shape index (κ1) is 19.1. The Morgan fingerprint density at radius 1 is 1.07 bits per heavy atom. The number of nitrogens with one attached hydrogen (secondary N) is 1. The van der Waals surface area contributed by atoms with E-state index in [1.807, 2.05) is 31.2 Å². The summed E-state index contributed by atoms with van der Waals surface area (Å²) in [6.07, 6.45) is 1.65. The second-order valence-corrected chi connectivity index (χ2v) is 7.34. The second kappa shape index (κ2) is 8.00. The third kappa shape index (κ3) is 4.12. The fourth-order valence-corrected chi connectivity index (χ4v) is 3.53. The van der Waals surface area contributed by atoms with Crippen LogP contribution in [0, 0.1) is 6.92 Å². The minimum Gasteiger partial charge on any atom is -0.354 e. The molecule has 3 heterocycles. The van der Waals surface area contributed by atoms with Gasteiger partial charge in [-0.05, 0) is 32.2 Å². The average Bonchev–Trinajstić information content (AvgIpc) is 2.73. The normalized spacial score (nSPS) is 14.9. The van der Waals surface area contributed by atoms with Gasteiger partial charge in [-0.2, -0.15) is 5.10 Å². The van der Waals surface area contributed by atoms with Crippen LogP contribution >= 0.6 is 0 Å². The summed E-state index contributed by atoms with van der Waals surface area (Å²) in [7, 11) is 2.11. The lowest BCUT2D eigenvalue weighted by molar-refractivity contribution is -0.117. The number of benzene rings is 1. The van der Waals surface area contributed by atoms with Gasteiger partial charge < -0.3 is 15.1 Å². The molecule has 0 saturated carbocycles. The standard InChI is InChI=1S/C21H24N6O2/c1-15-17-5-3-4-6-18(17)21(29)27(24-15)14-20(28)23-16-7-8-19(22-13-16)26-11-9-25(2)10-12-26/h3-8,13H,9-12,14H2,1-2H3,(H,23,28). The van der Waals surface area contributed by atoms with E-state index in [0.717, 1.165) is 37.4 Å². The van der Waals surface area contributed by atoms with Crippen LogP contribution in [0.5, 0.6) is 0 Å². The molecule has 0 bridgehead atoms. The van der Waals surface area contributed by atoms with Crippen LogP contribution in [0.15, 0.2) is 47.4 Å². The summed E-state index contributed by atoms with van der Waals surface area (Å²) in [4.78, 5) is 34.0. The zero-order valence-electron chi connectivity index (χ0n) is 16.6. The van der Waals surface area contributed by atoms with Crippen molar-refractivity contribution in [2.24, 2.45) is 0 Å². The molecule has 8 heteroatoms. The molecule has 1 aliphatic rings. The number of amides is 1. The molecule has 1 aromatic carbocycles. The Labute approximate surface area is 168 Å². The number of carbonyl (C=O) groups is 1. The maximum Gasteiger partial charge on any atom is 0.275 e. The van der Waals surface area contributed by atoms with Crippen LogP contribution in [0.2, 0.25) is 0 Å². The summed E-state index contributed by atoms with van der Waals surface area (Å²) in [5.74, 6) is 0.586. The Balaban J connectivity index is 1.44. The first-order valence-electron chi connectivity index (χ1n) is 9.67. The molecule has 0 aliphatic carbocycles. The van der Waals surface area contributed by atoms with Crippen LogP contribution in [0.3, 0.4) is 0 Å². The van der Waals surface area contributed by atoms with Crippen molar-refractivity contribution in [2.75, 3.05) is 43.4 Å². The number of nitrogens with zero attached hydrogens (tertiary/aromatic N) is 5. The minimum absolute atomic E-state index is 0.148. The number of likely N-dealkylation sites (N-methyl/N-ethyl adjacent to an activating group) is 1. The van der Waals surface area contributed by atoms with E-state index < -0.39 is 0 Å². The maximum absolute atomic E-state index is 12.6. The number of rotatable bonds is 4. The molecule has 0 unspecified atom stereocenters. The highest BCUT2D eigenvalue weighted by Gasteiger charge is 2.15. The van der Waals surface area contributed by atoms with Crippen LogP contribution in [0.1, 0.15) is 5.69 Å². The molecule has 29 heavy (non-hydrogen) atoms. The number of piperazine rings is 1. The van der Waals surface area contributed by atoms with Gasteiger partial charge in [-0.25, -0.2) is 9.67 Å². The predicted molar refractivity (Wildman–Crippen MR) is 113 cm³/mol. The monoisotopic (exact) mass is 392 g/mol. The summed E-state index contributed by atoms with van der Waals surface area (Å²) in [5.41, 5.74) is 1.04. The van der Waals surface area contributed by atoms with Crippen LogP contribution in [-0.4, -0.2) is 58.8 Å². The molecular weight excluding hydrogens is 368 g/mol. The zero-order chi connectivity index (χ0) is 20.4. The molecular formula is C21H24N6O2.